The van der Waals surface area contributed by atoms with E-state index in [9.17, 15) is 28.8 Å². The molecule has 0 bridgehead atoms. The molecule has 1 aromatic carbocycles. The molecule has 0 saturated carbocycles. The number of aromatic nitrogens is 1. The smallest absolute Gasteiger partial charge is 0.274 e. The van der Waals surface area contributed by atoms with E-state index in [0.29, 0.717) is 0 Å². The second-order valence-corrected chi connectivity index (χ2v) is 7.65. The van der Waals surface area contributed by atoms with Gasteiger partial charge in [-0.05, 0) is 43.7 Å². The number of imide groups is 2. The van der Waals surface area contributed by atoms with Crippen molar-refractivity contribution in [3.8, 4) is 0 Å². The number of nitrogens with one attached hydrogen (secondary N) is 2. The highest BCUT2D eigenvalue weighted by Crippen LogP contribution is 2.34. The molecule has 2 aliphatic rings. The average molecular weight is 422 g/mol. The van der Waals surface area contributed by atoms with Crippen molar-refractivity contribution in [3.05, 3.63) is 63.6 Å². The van der Waals surface area contributed by atoms with E-state index >= 15 is 0 Å². The van der Waals surface area contributed by atoms with Gasteiger partial charge >= 0.3 is 0 Å². The van der Waals surface area contributed by atoms with Crippen LogP contribution in [-0.2, 0) is 16.6 Å². The molecule has 31 heavy (non-hydrogen) atoms. The summed E-state index contributed by atoms with van der Waals surface area (Å²) in [5.41, 5.74) is -1.75. The van der Waals surface area contributed by atoms with Crippen LogP contribution in [0.2, 0.25) is 0 Å². The molecule has 158 valence electrons. The molecule has 3 heterocycles. The van der Waals surface area contributed by atoms with Crippen molar-refractivity contribution < 1.29 is 24.0 Å². The Hall–Kier alpha value is -4.08. The quantitative estimate of drug-likeness (QED) is 0.689. The summed E-state index contributed by atoms with van der Waals surface area (Å²) in [6.07, 6.45) is 1.55. The van der Waals surface area contributed by atoms with Crippen LogP contribution in [0, 0.1) is 0 Å². The topological polar surface area (TPSA) is 135 Å². The molecule has 0 radical (unpaired) electrons. The predicted molar refractivity (Wildman–Crippen MR) is 107 cm³/mol. The monoisotopic (exact) mass is 422 g/mol. The van der Waals surface area contributed by atoms with Crippen molar-refractivity contribution in [2.45, 2.75) is 25.3 Å². The molecule has 0 spiro atoms. The molecule has 4 rings (SSSR count). The third kappa shape index (κ3) is 3.12. The van der Waals surface area contributed by atoms with Crippen molar-refractivity contribution >= 4 is 35.2 Å². The number of aryl methyl sites for hydroxylation is 1. The van der Waals surface area contributed by atoms with E-state index in [1.54, 1.807) is 19.3 Å². The third-order valence-electron chi connectivity index (χ3n) is 5.59. The number of carbonyl (C=O) groups is 5. The van der Waals surface area contributed by atoms with Gasteiger partial charge in [-0.15, -0.1) is 0 Å². The summed E-state index contributed by atoms with van der Waals surface area (Å²) in [5, 5.41) is 4.66. The maximum absolute atomic E-state index is 13.0. The van der Waals surface area contributed by atoms with Gasteiger partial charge in [0.15, 0.2) is 0 Å². The Morgan fingerprint density at radius 2 is 1.77 bits per heavy atom. The van der Waals surface area contributed by atoms with E-state index in [1.807, 2.05) is 0 Å². The minimum atomic E-state index is -1.51. The van der Waals surface area contributed by atoms with E-state index in [4.69, 9.17) is 0 Å². The van der Waals surface area contributed by atoms with E-state index < -0.39 is 40.6 Å². The Labute approximate surface area is 175 Å². The van der Waals surface area contributed by atoms with Gasteiger partial charge < -0.3 is 9.88 Å². The lowest BCUT2D eigenvalue weighted by Gasteiger charge is -2.38. The Morgan fingerprint density at radius 3 is 2.48 bits per heavy atom. The van der Waals surface area contributed by atoms with Crippen LogP contribution in [0.1, 0.15) is 50.8 Å². The van der Waals surface area contributed by atoms with Gasteiger partial charge in [0.05, 0.1) is 11.1 Å². The Bertz CT molecular complexity index is 1250. The number of piperidine rings is 1. The van der Waals surface area contributed by atoms with Crippen molar-refractivity contribution in [1.82, 2.24) is 14.8 Å². The van der Waals surface area contributed by atoms with Gasteiger partial charge in [-0.3, -0.25) is 39.0 Å². The summed E-state index contributed by atoms with van der Waals surface area (Å²) in [6.45, 7) is 1.43. The Kier molecular flexibility index (Phi) is 4.57. The predicted octanol–water partition coefficient (Wildman–Crippen LogP) is 0.429. The zero-order valence-corrected chi connectivity index (χ0v) is 16.7. The number of hydrogen-bond donors (Lipinski definition) is 2. The molecule has 10 heteroatoms. The fourth-order valence-corrected chi connectivity index (χ4v) is 3.72. The molecular weight excluding hydrogens is 404 g/mol. The Morgan fingerprint density at radius 1 is 1.06 bits per heavy atom. The van der Waals surface area contributed by atoms with Crippen molar-refractivity contribution in [2.75, 3.05) is 5.32 Å². The second kappa shape index (κ2) is 7.01. The fraction of sp³-hybridized carbons (Fsp3) is 0.238. The van der Waals surface area contributed by atoms with Gasteiger partial charge in [0.2, 0.25) is 5.91 Å². The molecule has 1 saturated heterocycles. The van der Waals surface area contributed by atoms with Crippen LogP contribution in [-0.4, -0.2) is 44.5 Å². The van der Waals surface area contributed by atoms with Crippen LogP contribution in [0.3, 0.4) is 0 Å². The first-order chi connectivity index (χ1) is 14.6. The van der Waals surface area contributed by atoms with Gasteiger partial charge in [-0.1, -0.05) is 0 Å². The van der Waals surface area contributed by atoms with Gasteiger partial charge in [0.1, 0.15) is 11.2 Å². The van der Waals surface area contributed by atoms with Crippen molar-refractivity contribution in [1.29, 1.82) is 0 Å². The molecule has 1 fully saturated rings. The number of rotatable bonds is 3. The molecule has 1 atom stereocenters. The third-order valence-corrected chi connectivity index (χ3v) is 5.59. The minimum absolute atomic E-state index is 0.00463. The lowest BCUT2D eigenvalue weighted by molar-refractivity contribution is -0.140. The number of anilines is 1. The van der Waals surface area contributed by atoms with Crippen molar-refractivity contribution in [2.24, 2.45) is 7.05 Å². The molecule has 1 unspecified atom stereocenters. The summed E-state index contributed by atoms with van der Waals surface area (Å²) in [6, 6.07) is 7.01. The zero-order chi connectivity index (χ0) is 22.5. The fourth-order valence-electron chi connectivity index (χ4n) is 3.72. The van der Waals surface area contributed by atoms with Gasteiger partial charge in [0.25, 0.3) is 29.2 Å². The number of hydrogen-bond acceptors (Lipinski definition) is 6. The standard InChI is InChI=1S/C21H18N4O6/c1-21(8-7-15(26)23-20(21)31)25-17(28)12-6-5-11(10-13(12)18(25)29)16(27)22-14-4-3-9-24(2)19(14)30/h3-6,9-10H,7-8H2,1-2H3,(H,22,27)(H,23,26,31). The highest BCUT2D eigenvalue weighted by molar-refractivity contribution is 6.25. The number of nitrogens with zero attached hydrogens (tertiary/aromatic N) is 2. The van der Waals surface area contributed by atoms with E-state index in [0.717, 1.165) is 4.90 Å². The molecule has 1 aromatic heterocycles. The number of pyridine rings is 1. The normalized spacial score (nSPS) is 20.5. The summed E-state index contributed by atoms with van der Waals surface area (Å²) < 4.78 is 1.30. The zero-order valence-electron chi connectivity index (χ0n) is 16.7. The van der Waals surface area contributed by atoms with E-state index in [-0.39, 0.29) is 35.2 Å². The number of fused-ring (bicyclic) bond motifs is 1. The van der Waals surface area contributed by atoms with Crippen molar-refractivity contribution in [3.63, 3.8) is 0 Å². The highest BCUT2D eigenvalue weighted by Gasteiger charge is 2.52. The number of carbonyl (C=O) groups excluding carboxylic acids is 5. The van der Waals surface area contributed by atoms with Crippen LogP contribution in [0.5, 0.6) is 0 Å². The van der Waals surface area contributed by atoms with Crippen LogP contribution < -0.4 is 16.2 Å². The van der Waals surface area contributed by atoms with Gasteiger partial charge in [0, 0.05) is 25.2 Å². The summed E-state index contributed by atoms with van der Waals surface area (Å²) in [7, 11) is 1.54. The lowest BCUT2D eigenvalue weighted by atomic mass is 9.89. The molecule has 10 nitrogen and oxygen atoms in total. The molecular formula is C21H18N4O6. The molecule has 5 amide bonds. The first-order valence-electron chi connectivity index (χ1n) is 9.48. The molecule has 2 N–H and O–H groups in total. The van der Waals surface area contributed by atoms with Crippen LogP contribution >= 0.6 is 0 Å². The molecule has 2 aromatic rings. The van der Waals surface area contributed by atoms with Crippen LogP contribution in [0.4, 0.5) is 5.69 Å². The highest BCUT2D eigenvalue weighted by atomic mass is 16.2. The second-order valence-electron chi connectivity index (χ2n) is 7.65. The summed E-state index contributed by atoms with van der Waals surface area (Å²) >= 11 is 0. The number of benzene rings is 1. The summed E-state index contributed by atoms with van der Waals surface area (Å²) in [4.78, 5) is 75.4. The minimum Gasteiger partial charge on any atom is -0.317 e. The van der Waals surface area contributed by atoms with Gasteiger partial charge in [-0.2, -0.15) is 0 Å². The average Bonchev–Trinajstić information content (AvgIpc) is 2.99. The first-order valence-corrected chi connectivity index (χ1v) is 9.48. The largest absolute Gasteiger partial charge is 0.317 e. The molecule has 2 aliphatic heterocycles. The first kappa shape index (κ1) is 20.2. The SMILES string of the molecule is Cn1cccc(NC(=O)c2ccc3c(c2)C(=O)N(C2(C)CCC(=O)NC2=O)C3=O)c1=O. The Balaban J connectivity index is 1.65. The molecule has 0 aliphatic carbocycles. The maximum atomic E-state index is 13.0. The lowest BCUT2D eigenvalue weighted by Crippen LogP contribution is -2.62. The maximum Gasteiger partial charge on any atom is 0.274 e. The van der Waals surface area contributed by atoms with E-state index in [2.05, 4.69) is 10.6 Å². The van der Waals surface area contributed by atoms with E-state index in [1.165, 1.54) is 35.8 Å². The van der Waals surface area contributed by atoms with Crippen LogP contribution in [0.25, 0.3) is 0 Å². The summed E-state index contributed by atoms with van der Waals surface area (Å²) in [5.74, 6) is -3.22. The van der Waals surface area contributed by atoms with Gasteiger partial charge in [-0.25, -0.2) is 0 Å². The van der Waals surface area contributed by atoms with Crippen LogP contribution in [0.15, 0.2) is 41.3 Å². The number of amides is 5.